The average molecular weight is 412 g/mol. The average Bonchev–Trinajstić information content (AvgIpc) is 2.73. The minimum absolute atomic E-state index is 0.335. The molecule has 0 aliphatic rings. The van der Waals surface area contributed by atoms with Gasteiger partial charge in [-0.15, -0.1) is 0 Å². The lowest BCUT2D eigenvalue weighted by Crippen LogP contribution is -2.05. The van der Waals surface area contributed by atoms with Gasteiger partial charge in [0.05, 0.1) is 0 Å². The van der Waals surface area contributed by atoms with Gasteiger partial charge in [0.1, 0.15) is 18.0 Å². The van der Waals surface area contributed by atoms with Crippen LogP contribution in [-0.4, -0.2) is 19.6 Å². The highest BCUT2D eigenvalue weighted by Crippen LogP contribution is 2.25. The number of halogens is 2. The van der Waals surface area contributed by atoms with Crippen LogP contribution in [0.15, 0.2) is 82.1 Å². The summed E-state index contributed by atoms with van der Waals surface area (Å²) in [5.41, 5.74) is 3.08. The first kappa shape index (κ1) is 25.0. The maximum Gasteiger partial charge on any atom is 0.133 e. The fraction of sp³-hybridized carbons (Fsp3) is 0.280. The Morgan fingerprint density at radius 1 is 1.13 bits per heavy atom. The molecule has 5 heteroatoms. The molecule has 160 valence electrons. The van der Waals surface area contributed by atoms with Gasteiger partial charge in [-0.25, -0.2) is 18.8 Å². The molecule has 0 saturated carbocycles. The van der Waals surface area contributed by atoms with Crippen molar-refractivity contribution in [3.05, 3.63) is 89.3 Å². The molecule has 0 atom stereocenters. The highest BCUT2D eigenvalue weighted by atomic mass is 19.1. The van der Waals surface area contributed by atoms with Crippen LogP contribution in [-0.2, 0) is 0 Å². The van der Waals surface area contributed by atoms with Crippen molar-refractivity contribution in [3.8, 4) is 0 Å². The van der Waals surface area contributed by atoms with Gasteiger partial charge in [0.2, 0.25) is 0 Å². The Morgan fingerprint density at radius 3 is 2.60 bits per heavy atom. The standard InChI is InChI=1S/C25H31F2N3/c1-5-7-9-15-29-19-30-16-10-12-22(24-14-13-23(26)18-25(24)27)17-21(11-8-6-2)20(3)28-4/h5,7,9-10,12-19,28H,6,8,11H2,1-4H3/b7-5+,12-10?,15-9-,21-20-,22-17+,29-19?,30-16?. The van der Waals surface area contributed by atoms with Crippen molar-refractivity contribution in [1.29, 1.82) is 0 Å². The molecule has 0 aliphatic heterocycles. The van der Waals surface area contributed by atoms with E-state index in [2.05, 4.69) is 22.2 Å². The second kappa shape index (κ2) is 14.9. The van der Waals surface area contributed by atoms with Crippen LogP contribution in [0, 0.1) is 11.6 Å². The summed E-state index contributed by atoms with van der Waals surface area (Å²) in [6.07, 6.45) is 18.5. The molecule has 0 fully saturated rings. The summed E-state index contributed by atoms with van der Waals surface area (Å²) >= 11 is 0. The van der Waals surface area contributed by atoms with Crippen molar-refractivity contribution in [1.82, 2.24) is 5.32 Å². The van der Waals surface area contributed by atoms with E-state index in [1.807, 2.05) is 39.1 Å². The fourth-order valence-electron chi connectivity index (χ4n) is 2.54. The molecule has 0 saturated heterocycles. The smallest absolute Gasteiger partial charge is 0.133 e. The molecule has 0 amide bonds. The minimum Gasteiger partial charge on any atom is -0.391 e. The first-order valence-corrected chi connectivity index (χ1v) is 10.1. The molecule has 1 aromatic rings. The van der Waals surface area contributed by atoms with Gasteiger partial charge in [0.15, 0.2) is 0 Å². The first-order chi connectivity index (χ1) is 14.5. The van der Waals surface area contributed by atoms with E-state index in [0.29, 0.717) is 11.1 Å². The topological polar surface area (TPSA) is 36.8 Å². The Morgan fingerprint density at radius 2 is 1.93 bits per heavy atom. The normalized spacial score (nSPS) is 14.1. The Balaban J connectivity index is 3.21. The largest absolute Gasteiger partial charge is 0.391 e. The molecular formula is C25H31F2N3. The predicted molar refractivity (Wildman–Crippen MR) is 126 cm³/mol. The number of benzene rings is 1. The quantitative estimate of drug-likeness (QED) is 0.243. The maximum absolute atomic E-state index is 14.4. The van der Waals surface area contributed by atoms with Gasteiger partial charge < -0.3 is 5.32 Å². The minimum atomic E-state index is -0.601. The first-order valence-electron chi connectivity index (χ1n) is 10.1. The van der Waals surface area contributed by atoms with Gasteiger partial charge in [-0.3, -0.25) is 0 Å². The molecule has 0 aromatic heterocycles. The van der Waals surface area contributed by atoms with Crippen LogP contribution in [0.4, 0.5) is 8.78 Å². The Bertz CT molecular complexity index is 872. The van der Waals surface area contributed by atoms with Crippen molar-refractivity contribution in [2.75, 3.05) is 7.05 Å². The van der Waals surface area contributed by atoms with Crippen LogP contribution >= 0.6 is 0 Å². The molecule has 0 aliphatic carbocycles. The molecule has 1 aromatic carbocycles. The monoisotopic (exact) mass is 411 g/mol. The zero-order valence-corrected chi connectivity index (χ0v) is 18.2. The van der Waals surface area contributed by atoms with Gasteiger partial charge in [-0.05, 0) is 68.2 Å². The summed E-state index contributed by atoms with van der Waals surface area (Å²) in [4.78, 5) is 8.07. The summed E-state index contributed by atoms with van der Waals surface area (Å²) in [5.74, 6) is -1.20. The zero-order valence-electron chi connectivity index (χ0n) is 18.2. The number of unbranched alkanes of at least 4 members (excludes halogenated alkanes) is 1. The zero-order chi connectivity index (χ0) is 22.2. The van der Waals surface area contributed by atoms with E-state index >= 15 is 0 Å². The van der Waals surface area contributed by atoms with E-state index in [1.165, 1.54) is 18.5 Å². The summed E-state index contributed by atoms with van der Waals surface area (Å²) < 4.78 is 27.8. The summed E-state index contributed by atoms with van der Waals surface area (Å²) in [7, 11) is 1.86. The van der Waals surface area contributed by atoms with Gasteiger partial charge in [-0.1, -0.05) is 31.6 Å². The van der Waals surface area contributed by atoms with Gasteiger partial charge in [0, 0.05) is 36.8 Å². The molecule has 1 N–H and O–H groups in total. The van der Waals surface area contributed by atoms with Crippen molar-refractivity contribution in [2.24, 2.45) is 9.98 Å². The van der Waals surface area contributed by atoms with Crippen LogP contribution in [0.2, 0.25) is 0 Å². The molecule has 30 heavy (non-hydrogen) atoms. The van der Waals surface area contributed by atoms with Crippen LogP contribution in [0.3, 0.4) is 0 Å². The van der Waals surface area contributed by atoms with E-state index in [-0.39, 0.29) is 0 Å². The number of hydrogen-bond donors (Lipinski definition) is 1. The van der Waals surface area contributed by atoms with Crippen molar-refractivity contribution < 1.29 is 8.78 Å². The fourth-order valence-corrected chi connectivity index (χ4v) is 2.54. The molecule has 0 heterocycles. The van der Waals surface area contributed by atoms with E-state index in [4.69, 9.17) is 0 Å². The highest BCUT2D eigenvalue weighted by molar-refractivity contribution is 5.85. The van der Waals surface area contributed by atoms with Crippen LogP contribution in [0.5, 0.6) is 0 Å². The third-order valence-electron chi connectivity index (χ3n) is 4.29. The number of aliphatic imine (C=N–C) groups is 2. The highest BCUT2D eigenvalue weighted by Gasteiger charge is 2.09. The van der Waals surface area contributed by atoms with Gasteiger partial charge >= 0.3 is 0 Å². The third kappa shape index (κ3) is 9.41. The molecule has 1 rings (SSSR count). The van der Waals surface area contributed by atoms with Gasteiger partial charge in [-0.2, -0.15) is 0 Å². The Labute approximate surface area is 179 Å². The summed E-state index contributed by atoms with van der Waals surface area (Å²) in [6, 6.07) is 3.62. The second-order valence-corrected chi connectivity index (χ2v) is 6.52. The lowest BCUT2D eigenvalue weighted by Gasteiger charge is -2.11. The van der Waals surface area contributed by atoms with E-state index in [1.54, 1.807) is 30.6 Å². The molecular weight excluding hydrogens is 380 g/mol. The Kier molecular flexibility index (Phi) is 12.4. The predicted octanol–water partition coefficient (Wildman–Crippen LogP) is 6.78. The molecule has 0 unspecified atom stereocenters. The number of nitrogens with zero attached hydrogens (tertiary/aromatic N) is 2. The number of nitrogens with one attached hydrogen (secondary N) is 1. The van der Waals surface area contributed by atoms with Crippen molar-refractivity contribution >= 4 is 18.1 Å². The molecule has 3 nitrogen and oxygen atoms in total. The summed E-state index contributed by atoms with van der Waals surface area (Å²) in [5, 5.41) is 3.16. The van der Waals surface area contributed by atoms with E-state index in [0.717, 1.165) is 36.6 Å². The van der Waals surface area contributed by atoms with Crippen LogP contribution < -0.4 is 5.32 Å². The van der Waals surface area contributed by atoms with Crippen LogP contribution in [0.25, 0.3) is 5.57 Å². The lowest BCUT2D eigenvalue weighted by molar-refractivity contribution is 0.581. The van der Waals surface area contributed by atoms with Crippen molar-refractivity contribution in [3.63, 3.8) is 0 Å². The maximum atomic E-state index is 14.4. The summed E-state index contributed by atoms with van der Waals surface area (Å²) in [6.45, 7) is 6.04. The SMILES string of the molecule is C/C=C/C=C\N=CN=CC=C/C(=C\C(CCCC)=C(\C)NC)c1ccc(F)cc1F. The van der Waals surface area contributed by atoms with E-state index < -0.39 is 11.6 Å². The lowest BCUT2D eigenvalue weighted by atomic mass is 9.98. The molecule has 0 radical (unpaired) electrons. The Hall–Kier alpha value is -3.08. The van der Waals surface area contributed by atoms with E-state index in [9.17, 15) is 8.78 Å². The number of rotatable bonds is 11. The molecule has 0 spiro atoms. The van der Waals surface area contributed by atoms with Crippen LogP contribution in [0.1, 0.15) is 45.6 Å². The third-order valence-corrected chi connectivity index (χ3v) is 4.29. The van der Waals surface area contributed by atoms with Crippen molar-refractivity contribution in [2.45, 2.75) is 40.0 Å². The second-order valence-electron chi connectivity index (χ2n) is 6.52. The number of allylic oxidation sites excluding steroid dienone is 9. The number of hydrogen-bond acceptors (Lipinski definition) is 2. The van der Waals surface area contributed by atoms with Gasteiger partial charge in [0.25, 0.3) is 0 Å². The molecule has 0 bridgehead atoms.